The predicted octanol–water partition coefficient (Wildman–Crippen LogP) is 2.31. The van der Waals surface area contributed by atoms with Gasteiger partial charge in [-0.05, 0) is 106 Å². The number of likely N-dealkylation sites (tertiary alicyclic amines) is 5. The molecule has 5 aliphatic rings. The quantitative estimate of drug-likeness (QED) is 0.482. The summed E-state index contributed by atoms with van der Waals surface area (Å²) >= 11 is 0. The molecule has 0 aliphatic carbocycles. The Kier molecular flexibility index (Phi) is 17.8. The molecule has 0 radical (unpaired) electrons. The molecular formula is C32H69N6Rb. The second-order valence-corrected chi connectivity index (χ2v) is 14.9. The van der Waals surface area contributed by atoms with E-state index in [0.717, 1.165) is 42.3 Å². The van der Waals surface area contributed by atoms with Crippen LogP contribution >= 0.6 is 0 Å². The van der Waals surface area contributed by atoms with Crippen molar-refractivity contribution in [2.24, 2.45) is 23.7 Å². The number of rotatable bonds is 3. The second kappa shape index (κ2) is 17.2. The number of hydrogen-bond donors (Lipinski definition) is 0. The summed E-state index contributed by atoms with van der Waals surface area (Å²) in [5.74, 6) is 3.70. The van der Waals surface area contributed by atoms with Gasteiger partial charge in [0.1, 0.15) is 0 Å². The van der Waals surface area contributed by atoms with Gasteiger partial charge in [0.15, 0.2) is 0 Å². The number of fused-ring (bicyclic) bond motifs is 2. The third-order valence-electron chi connectivity index (χ3n) is 9.37. The molecule has 5 aliphatic heterocycles. The third kappa shape index (κ3) is 11.5. The van der Waals surface area contributed by atoms with Crippen LogP contribution < -0.4 is 58.2 Å². The average Bonchev–Trinajstić information content (AvgIpc) is 3.43. The maximum Gasteiger partial charge on any atom is 1.00 e. The van der Waals surface area contributed by atoms with Crippen LogP contribution in [-0.2, 0) is 0 Å². The van der Waals surface area contributed by atoms with Crippen LogP contribution in [-0.4, -0.2) is 134 Å². The minimum atomic E-state index is 0. The first-order valence-corrected chi connectivity index (χ1v) is 14.9. The normalized spacial score (nSPS) is 30.2. The van der Waals surface area contributed by atoms with Crippen molar-refractivity contribution in [3.8, 4) is 0 Å². The molecule has 0 aromatic carbocycles. The molecule has 0 spiro atoms. The summed E-state index contributed by atoms with van der Waals surface area (Å²) < 4.78 is 0. The van der Waals surface area contributed by atoms with Crippen LogP contribution in [0.25, 0.3) is 5.32 Å². The summed E-state index contributed by atoms with van der Waals surface area (Å²) in [5, 5.41) is 4.12. The SMILES string of the molecule is C.C.CN1CC2CCN(C(C)(C)C)C2C1.CN1CC2CN(C(C)(C)C)CC2C1.C[N-]CC1CN(C(C)C)C1.[Rb+]. The smallest absolute Gasteiger partial charge is 0.665 e. The molecule has 6 nitrogen and oxygen atoms in total. The maximum atomic E-state index is 4.12. The Morgan fingerprint density at radius 3 is 1.64 bits per heavy atom. The zero-order valence-electron chi connectivity index (χ0n) is 26.9. The van der Waals surface area contributed by atoms with Crippen LogP contribution in [0, 0.1) is 23.7 Å². The Morgan fingerprint density at radius 1 is 0.718 bits per heavy atom. The average molecular weight is 623 g/mol. The molecule has 0 aromatic rings. The van der Waals surface area contributed by atoms with Crippen LogP contribution in [0.4, 0.5) is 0 Å². The van der Waals surface area contributed by atoms with Crippen molar-refractivity contribution in [1.29, 1.82) is 0 Å². The van der Waals surface area contributed by atoms with E-state index in [9.17, 15) is 0 Å². The Bertz CT molecular complexity index is 655. The molecule has 0 aromatic heterocycles. The zero-order chi connectivity index (χ0) is 26.8. The summed E-state index contributed by atoms with van der Waals surface area (Å²) in [4.78, 5) is 12.8. The molecule has 0 N–H and O–H groups in total. The molecule has 4 unspecified atom stereocenters. The summed E-state index contributed by atoms with van der Waals surface area (Å²) in [7, 11) is 6.40. The summed E-state index contributed by atoms with van der Waals surface area (Å²) in [6.07, 6.45) is 1.41. The van der Waals surface area contributed by atoms with E-state index in [1.165, 1.54) is 65.3 Å². The van der Waals surface area contributed by atoms with Crippen LogP contribution in [0.5, 0.6) is 0 Å². The fourth-order valence-corrected chi connectivity index (χ4v) is 7.19. The molecule has 0 saturated carbocycles. The molecule has 7 heteroatoms. The van der Waals surface area contributed by atoms with Gasteiger partial charge in [-0.25, -0.2) is 0 Å². The Hall–Kier alpha value is 1.57. The third-order valence-corrected chi connectivity index (χ3v) is 9.37. The standard InChI is InChI=1S/2C11H22N2.C8H17N2.2CH4.Rb/c1-11(2,3)13-7-9-5-12(4)6-10(9)8-13;1-11(2,3)13-6-5-9-7-12(4)8-10(9)13;1-7(2)10-5-8(6-10)4-9-3;;;/h2*9-10H,5-8H2,1-4H3;7-8H,4-6H2,1-3H3;2*1H4;/q;;-1;;;+1. The first-order valence-electron chi connectivity index (χ1n) is 14.9. The molecule has 5 heterocycles. The van der Waals surface area contributed by atoms with E-state index >= 15 is 0 Å². The van der Waals surface area contributed by atoms with E-state index in [-0.39, 0.29) is 73.0 Å². The van der Waals surface area contributed by atoms with Gasteiger partial charge in [0, 0.05) is 75.5 Å². The van der Waals surface area contributed by atoms with Crippen molar-refractivity contribution >= 4 is 0 Å². The minimum Gasteiger partial charge on any atom is -0.665 e. The van der Waals surface area contributed by atoms with Crippen molar-refractivity contribution in [3.63, 3.8) is 0 Å². The Balaban J connectivity index is 0.000000540. The van der Waals surface area contributed by atoms with Crippen LogP contribution in [0.15, 0.2) is 0 Å². The van der Waals surface area contributed by atoms with Gasteiger partial charge in [0.2, 0.25) is 0 Å². The van der Waals surface area contributed by atoms with Gasteiger partial charge in [0.25, 0.3) is 0 Å². The number of hydrogen-bond acceptors (Lipinski definition) is 5. The molecule has 0 amide bonds. The van der Waals surface area contributed by atoms with Gasteiger partial charge < -0.3 is 20.0 Å². The fraction of sp³-hybridized carbons (Fsp3) is 1.00. The van der Waals surface area contributed by atoms with Crippen molar-refractivity contribution in [2.75, 3.05) is 86.6 Å². The fourth-order valence-electron chi connectivity index (χ4n) is 7.19. The first-order chi connectivity index (χ1) is 16.7. The van der Waals surface area contributed by atoms with E-state index in [0.29, 0.717) is 11.1 Å². The molecule has 5 fully saturated rings. The molecule has 4 atom stereocenters. The van der Waals surface area contributed by atoms with Crippen molar-refractivity contribution in [1.82, 2.24) is 24.5 Å². The molecule has 0 bridgehead atoms. The largest absolute Gasteiger partial charge is 1.00 e. The number of nitrogens with zero attached hydrogens (tertiary/aromatic N) is 6. The molecule has 5 rings (SSSR count). The monoisotopic (exact) mass is 622 g/mol. The predicted molar refractivity (Wildman–Crippen MR) is 169 cm³/mol. The molecular weight excluding hydrogens is 554 g/mol. The van der Waals surface area contributed by atoms with Gasteiger partial charge >= 0.3 is 58.2 Å². The van der Waals surface area contributed by atoms with E-state index < -0.39 is 0 Å². The van der Waals surface area contributed by atoms with Gasteiger partial charge in [-0.1, -0.05) is 14.9 Å². The second-order valence-electron chi connectivity index (χ2n) is 14.9. The van der Waals surface area contributed by atoms with Crippen molar-refractivity contribution in [2.45, 2.75) is 99.8 Å². The van der Waals surface area contributed by atoms with Gasteiger partial charge in [-0.3, -0.25) is 9.80 Å². The number of likely N-dealkylation sites (N-methyl/N-ethyl adjacent to an activating group) is 1. The maximum absolute atomic E-state index is 4.12. The molecule has 5 saturated heterocycles. The van der Waals surface area contributed by atoms with E-state index in [1.54, 1.807) is 0 Å². The van der Waals surface area contributed by atoms with Crippen LogP contribution in [0.1, 0.15) is 76.7 Å². The Morgan fingerprint density at radius 2 is 1.21 bits per heavy atom. The van der Waals surface area contributed by atoms with Gasteiger partial charge in [-0.15, -0.1) is 6.54 Å². The van der Waals surface area contributed by atoms with Gasteiger partial charge in [-0.2, -0.15) is 7.05 Å². The summed E-state index contributed by atoms with van der Waals surface area (Å²) in [5.41, 5.74) is 0.744. The van der Waals surface area contributed by atoms with Crippen molar-refractivity contribution < 1.29 is 58.2 Å². The van der Waals surface area contributed by atoms with E-state index in [1.807, 2.05) is 7.05 Å². The summed E-state index contributed by atoms with van der Waals surface area (Å²) in [6.45, 7) is 31.3. The summed E-state index contributed by atoms with van der Waals surface area (Å²) in [6, 6.07) is 1.57. The first kappa shape index (κ1) is 40.6. The Labute approximate surface area is 295 Å². The minimum absolute atomic E-state index is 0. The topological polar surface area (TPSA) is 30.3 Å². The van der Waals surface area contributed by atoms with Crippen molar-refractivity contribution in [3.05, 3.63) is 5.32 Å². The van der Waals surface area contributed by atoms with Crippen LogP contribution in [0.3, 0.4) is 0 Å². The molecule has 228 valence electrons. The van der Waals surface area contributed by atoms with Crippen LogP contribution in [0.2, 0.25) is 0 Å². The zero-order valence-corrected chi connectivity index (χ0v) is 31.8. The van der Waals surface area contributed by atoms with Gasteiger partial charge in [0.05, 0.1) is 0 Å². The van der Waals surface area contributed by atoms with E-state index in [2.05, 4.69) is 99.3 Å². The van der Waals surface area contributed by atoms with E-state index in [4.69, 9.17) is 0 Å². The molecule has 39 heavy (non-hydrogen) atoms.